The zero-order valence-corrected chi connectivity index (χ0v) is 23.2. The SMILES string of the molecule is CC(C)COC1=C(O)C=CC(CCC(C)(C)N2CC3C=CC=C(C(=O)N4CCN(C)CC4)C3C2)C1C. The molecule has 4 aliphatic rings. The minimum absolute atomic E-state index is 0.0306. The van der Waals surface area contributed by atoms with E-state index in [1.807, 2.05) is 6.08 Å². The summed E-state index contributed by atoms with van der Waals surface area (Å²) in [5.74, 6) is 2.89. The maximum Gasteiger partial charge on any atom is 0.250 e. The largest absolute Gasteiger partial charge is 0.504 e. The molecule has 0 spiro atoms. The number of piperazine rings is 1. The van der Waals surface area contributed by atoms with Gasteiger partial charge in [-0.25, -0.2) is 0 Å². The number of likely N-dealkylation sites (tertiary alicyclic amines) is 1. The van der Waals surface area contributed by atoms with Crippen molar-refractivity contribution >= 4 is 5.91 Å². The van der Waals surface area contributed by atoms with Gasteiger partial charge in [0, 0.05) is 62.2 Å². The molecule has 36 heavy (non-hydrogen) atoms. The fourth-order valence-corrected chi connectivity index (χ4v) is 6.07. The molecule has 2 aliphatic carbocycles. The second-order valence-electron chi connectivity index (χ2n) is 12.4. The van der Waals surface area contributed by atoms with Crippen molar-refractivity contribution in [3.63, 3.8) is 0 Å². The van der Waals surface area contributed by atoms with Gasteiger partial charge < -0.3 is 19.6 Å². The Morgan fingerprint density at radius 1 is 1.17 bits per heavy atom. The van der Waals surface area contributed by atoms with Gasteiger partial charge in [0.2, 0.25) is 5.91 Å². The number of aliphatic hydroxyl groups excluding tert-OH is 1. The van der Waals surface area contributed by atoms with E-state index in [1.165, 1.54) is 0 Å². The van der Waals surface area contributed by atoms with Gasteiger partial charge in [-0.15, -0.1) is 0 Å². The van der Waals surface area contributed by atoms with Crippen LogP contribution in [0.15, 0.2) is 47.5 Å². The van der Waals surface area contributed by atoms with Crippen molar-refractivity contribution in [1.82, 2.24) is 14.7 Å². The van der Waals surface area contributed by atoms with E-state index in [9.17, 15) is 9.90 Å². The third-order valence-corrected chi connectivity index (χ3v) is 8.76. The molecule has 2 heterocycles. The summed E-state index contributed by atoms with van der Waals surface area (Å²) >= 11 is 0. The standard InChI is InChI=1S/C30H47N3O3/c1-21(2)20-36-28-22(3)23(10-11-27(28)34)12-13-30(4,5)33-18-24-8-7-9-25(26(24)19-33)29(35)32-16-14-31(6)15-17-32/h7-11,21-24,26,34H,12-20H2,1-6H3. The van der Waals surface area contributed by atoms with Crippen molar-refractivity contribution < 1.29 is 14.6 Å². The molecule has 0 aromatic heterocycles. The molecule has 2 saturated heterocycles. The second kappa shape index (κ2) is 11.1. The van der Waals surface area contributed by atoms with Crippen LogP contribution >= 0.6 is 0 Å². The number of allylic oxidation sites excluding steroid dienone is 5. The van der Waals surface area contributed by atoms with Crippen molar-refractivity contribution in [2.45, 2.75) is 53.0 Å². The van der Waals surface area contributed by atoms with Crippen LogP contribution in [-0.4, -0.2) is 84.2 Å². The monoisotopic (exact) mass is 497 g/mol. The summed E-state index contributed by atoms with van der Waals surface area (Å²) in [6, 6.07) is 0. The Kier molecular flexibility index (Phi) is 8.35. The number of rotatable bonds is 8. The van der Waals surface area contributed by atoms with Gasteiger partial charge in [0.05, 0.1) is 6.61 Å². The first kappa shape index (κ1) is 27.0. The molecule has 0 radical (unpaired) electrons. The number of hydrogen-bond acceptors (Lipinski definition) is 5. The first-order chi connectivity index (χ1) is 17.1. The van der Waals surface area contributed by atoms with Gasteiger partial charge in [0.25, 0.3) is 0 Å². The predicted molar refractivity (Wildman–Crippen MR) is 145 cm³/mol. The van der Waals surface area contributed by atoms with Crippen molar-refractivity contribution in [2.24, 2.45) is 29.6 Å². The third-order valence-electron chi connectivity index (χ3n) is 8.76. The molecule has 1 N–H and O–H groups in total. The number of carbonyl (C=O) groups excluding carboxylic acids is 1. The number of nitrogens with zero attached hydrogens (tertiary/aromatic N) is 3. The molecule has 2 aliphatic heterocycles. The lowest BCUT2D eigenvalue weighted by atomic mass is 9.81. The average molecular weight is 498 g/mol. The predicted octanol–water partition coefficient (Wildman–Crippen LogP) is 4.63. The van der Waals surface area contributed by atoms with Crippen LogP contribution < -0.4 is 0 Å². The number of fused-ring (bicyclic) bond motifs is 1. The number of amides is 1. The minimum atomic E-state index is 0.0306. The molecule has 0 bridgehead atoms. The Bertz CT molecular complexity index is 924. The highest BCUT2D eigenvalue weighted by atomic mass is 16.5. The van der Waals surface area contributed by atoms with Crippen molar-refractivity contribution in [1.29, 1.82) is 0 Å². The van der Waals surface area contributed by atoms with Crippen LogP contribution in [0.1, 0.15) is 47.5 Å². The minimum Gasteiger partial charge on any atom is -0.504 e. The number of aliphatic hydroxyl groups is 1. The molecule has 2 fully saturated rings. The van der Waals surface area contributed by atoms with Crippen LogP contribution in [0.2, 0.25) is 0 Å². The summed E-state index contributed by atoms with van der Waals surface area (Å²) in [7, 11) is 2.12. The summed E-state index contributed by atoms with van der Waals surface area (Å²) in [5, 5.41) is 10.4. The van der Waals surface area contributed by atoms with Gasteiger partial charge in [0.15, 0.2) is 5.76 Å². The van der Waals surface area contributed by atoms with Crippen LogP contribution in [0, 0.1) is 29.6 Å². The lowest BCUT2D eigenvalue weighted by molar-refractivity contribution is -0.129. The van der Waals surface area contributed by atoms with Crippen LogP contribution in [0.4, 0.5) is 0 Å². The number of hydrogen-bond donors (Lipinski definition) is 1. The second-order valence-corrected chi connectivity index (χ2v) is 12.4. The molecule has 6 heteroatoms. The lowest BCUT2D eigenvalue weighted by Gasteiger charge is -2.38. The molecule has 0 aromatic carbocycles. The molecule has 0 aromatic rings. The van der Waals surface area contributed by atoms with E-state index in [-0.39, 0.29) is 29.0 Å². The molecule has 1 amide bonds. The van der Waals surface area contributed by atoms with Crippen molar-refractivity contribution in [3.8, 4) is 0 Å². The van der Waals surface area contributed by atoms with Crippen molar-refractivity contribution in [3.05, 3.63) is 47.5 Å². The van der Waals surface area contributed by atoms with E-state index in [4.69, 9.17) is 4.74 Å². The Morgan fingerprint density at radius 2 is 1.89 bits per heavy atom. The summed E-state index contributed by atoms with van der Waals surface area (Å²) in [5.41, 5.74) is 1.03. The van der Waals surface area contributed by atoms with E-state index >= 15 is 0 Å². The fraction of sp³-hybridized carbons (Fsp3) is 0.700. The van der Waals surface area contributed by atoms with Gasteiger partial charge in [-0.3, -0.25) is 9.69 Å². The Balaban J connectivity index is 1.36. The average Bonchev–Trinajstić information content (AvgIpc) is 3.29. The Morgan fingerprint density at radius 3 is 2.58 bits per heavy atom. The first-order valence-electron chi connectivity index (χ1n) is 13.9. The summed E-state index contributed by atoms with van der Waals surface area (Å²) < 4.78 is 6.00. The van der Waals surface area contributed by atoms with E-state index in [2.05, 4.69) is 80.7 Å². The molecule has 4 unspecified atom stereocenters. The topological polar surface area (TPSA) is 56.3 Å². The van der Waals surface area contributed by atoms with Crippen LogP contribution in [0.3, 0.4) is 0 Å². The van der Waals surface area contributed by atoms with Gasteiger partial charge >= 0.3 is 0 Å². The molecular formula is C30H47N3O3. The zero-order chi connectivity index (χ0) is 26.0. The van der Waals surface area contributed by atoms with Gasteiger partial charge in [0.1, 0.15) is 5.76 Å². The number of likely N-dealkylation sites (N-methyl/N-ethyl adjacent to an activating group) is 1. The normalized spacial score (nSPS) is 29.6. The highest BCUT2D eigenvalue weighted by Crippen LogP contribution is 2.40. The summed E-state index contributed by atoms with van der Waals surface area (Å²) in [4.78, 5) is 20.4. The van der Waals surface area contributed by atoms with Gasteiger partial charge in [-0.05, 0) is 57.6 Å². The summed E-state index contributed by atoms with van der Waals surface area (Å²) in [6.07, 6.45) is 12.6. The van der Waals surface area contributed by atoms with Gasteiger partial charge in [-0.1, -0.05) is 45.1 Å². The maximum absolute atomic E-state index is 13.4. The molecule has 6 nitrogen and oxygen atoms in total. The molecule has 0 saturated carbocycles. The molecule has 200 valence electrons. The highest BCUT2D eigenvalue weighted by Gasteiger charge is 2.43. The van der Waals surface area contributed by atoms with Crippen molar-refractivity contribution in [2.75, 3.05) is 52.9 Å². The van der Waals surface area contributed by atoms with E-state index in [0.29, 0.717) is 24.4 Å². The quantitative estimate of drug-likeness (QED) is 0.530. The maximum atomic E-state index is 13.4. The van der Waals surface area contributed by atoms with E-state index in [0.717, 1.165) is 63.4 Å². The van der Waals surface area contributed by atoms with E-state index in [1.54, 1.807) is 0 Å². The highest BCUT2D eigenvalue weighted by molar-refractivity contribution is 5.95. The number of carbonyl (C=O) groups is 1. The first-order valence-corrected chi connectivity index (χ1v) is 13.9. The van der Waals surface area contributed by atoms with E-state index < -0.39 is 0 Å². The smallest absolute Gasteiger partial charge is 0.250 e. The van der Waals surface area contributed by atoms with Gasteiger partial charge in [-0.2, -0.15) is 0 Å². The Labute approximate surface area is 218 Å². The van der Waals surface area contributed by atoms with Crippen LogP contribution in [0.25, 0.3) is 0 Å². The zero-order valence-electron chi connectivity index (χ0n) is 23.2. The fourth-order valence-electron chi connectivity index (χ4n) is 6.07. The van der Waals surface area contributed by atoms with Crippen LogP contribution in [-0.2, 0) is 9.53 Å². The molecular weight excluding hydrogens is 450 g/mol. The Hall–Kier alpha value is -2.05. The number of ether oxygens (including phenoxy) is 1. The van der Waals surface area contributed by atoms with Crippen LogP contribution in [0.5, 0.6) is 0 Å². The lowest BCUT2D eigenvalue weighted by Crippen LogP contribution is -2.48. The third kappa shape index (κ3) is 5.91. The molecule has 4 rings (SSSR count). The summed E-state index contributed by atoms with van der Waals surface area (Å²) in [6.45, 7) is 17.2. The molecule has 4 atom stereocenters.